The second kappa shape index (κ2) is 10.8. The molecule has 0 heterocycles. The van der Waals surface area contributed by atoms with E-state index in [4.69, 9.17) is 19.2 Å². The Balaban J connectivity index is -0.0000000910. The van der Waals surface area contributed by atoms with Crippen LogP contribution in [-0.4, -0.2) is 19.1 Å². The maximum atomic E-state index is 8.88. The number of alkyl halides is 1. The average molecular weight is 290 g/mol. The summed E-state index contributed by atoms with van der Waals surface area (Å²) < 4.78 is 10.1. The predicted octanol–water partition coefficient (Wildman–Crippen LogP) is -2.28. The maximum absolute atomic E-state index is 8.88. The van der Waals surface area contributed by atoms with Gasteiger partial charge in [-0.2, -0.15) is 6.42 Å². The molecule has 0 aromatic rings. The van der Waals surface area contributed by atoms with Crippen LogP contribution in [-0.2, 0) is 4.57 Å². The van der Waals surface area contributed by atoms with E-state index in [9.17, 15) is 0 Å². The topological polar surface area (TPSA) is 77.8 Å². The van der Waals surface area contributed by atoms with E-state index in [1.165, 1.54) is 4.43 Å². The Bertz CT molecular complexity index is 84.2. The summed E-state index contributed by atoms with van der Waals surface area (Å²) in [5.74, 6) is 0. The third-order valence-corrected chi connectivity index (χ3v) is 0.896. The first-order valence-corrected chi connectivity index (χ1v) is 5.14. The van der Waals surface area contributed by atoms with Crippen molar-refractivity contribution in [1.82, 2.24) is 0 Å². The Morgan fingerprint density at radius 3 is 1.50 bits per heavy atom. The second-order valence-corrected chi connectivity index (χ2v) is 3.16. The Kier molecular flexibility index (Phi) is 19.3. The summed E-state index contributed by atoms with van der Waals surface area (Å²) in [4.78, 5) is 21.6. The van der Waals surface area contributed by atoms with E-state index >= 15 is 0 Å². The molecule has 0 aromatic heterocycles. The quantitative estimate of drug-likeness (QED) is 0.167. The van der Waals surface area contributed by atoms with E-state index in [0.29, 0.717) is 0 Å². The number of hydrogen-bond donors (Lipinski definition) is 3. The molecule has 7 heteroatoms. The molecular formula is C3H9INaO4P. The summed E-state index contributed by atoms with van der Waals surface area (Å²) in [6.45, 7) is 3.60. The van der Waals surface area contributed by atoms with E-state index in [0.717, 1.165) is 6.42 Å². The average Bonchev–Trinajstić information content (AvgIpc) is 1.61. The van der Waals surface area contributed by atoms with Gasteiger partial charge < -0.3 is 21.6 Å². The fraction of sp³-hybridized carbons (Fsp3) is 0.667. The molecule has 0 rings (SSSR count). The molecule has 10 heavy (non-hydrogen) atoms. The van der Waals surface area contributed by atoms with Gasteiger partial charge in [0.15, 0.2) is 0 Å². The van der Waals surface area contributed by atoms with Crippen LogP contribution in [0.15, 0.2) is 0 Å². The summed E-state index contributed by atoms with van der Waals surface area (Å²) in [5, 5.41) is 0. The van der Waals surface area contributed by atoms with Crippen LogP contribution < -0.4 is 29.6 Å². The van der Waals surface area contributed by atoms with Gasteiger partial charge in [-0.3, -0.25) is 0 Å². The van der Waals surface area contributed by atoms with E-state index in [2.05, 4.69) is 29.5 Å². The van der Waals surface area contributed by atoms with Crippen LogP contribution in [0.25, 0.3) is 0 Å². The summed E-state index contributed by atoms with van der Waals surface area (Å²) >= 11 is 2.29. The minimum absolute atomic E-state index is 0. The summed E-state index contributed by atoms with van der Waals surface area (Å²) in [6, 6.07) is 0. The summed E-state index contributed by atoms with van der Waals surface area (Å²) in [5.41, 5.74) is 0. The normalized spacial score (nSPS) is 8.90. The van der Waals surface area contributed by atoms with Crippen LogP contribution in [0.3, 0.4) is 0 Å². The van der Waals surface area contributed by atoms with E-state index < -0.39 is 7.82 Å². The first kappa shape index (κ1) is 17.8. The standard InChI is InChI=1S/C3H6I.Na.H3O4P/c1-2-3-4;;1-5(2,3)4/h1-3H2;;(H3,1,2,3,4)/q-1;+1;. The van der Waals surface area contributed by atoms with Crippen molar-refractivity contribution >= 4 is 30.4 Å². The van der Waals surface area contributed by atoms with Crippen molar-refractivity contribution in [3.63, 3.8) is 0 Å². The zero-order valence-corrected chi connectivity index (χ0v) is 10.7. The molecule has 0 amide bonds. The summed E-state index contributed by atoms with van der Waals surface area (Å²) in [6.07, 6.45) is 1.06. The van der Waals surface area contributed by atoms with Crippen LogP contribution in [0.5, 0.6) is 0 Å². The Morgan fingerprint density at radius 2 is 1.50 bits per heavy atom. The number of halogens is 1. The first-order chi connectivity index (χ1) is 3.91. The van der Waals surface area contributed by atoms with Crippen LogP contribution >= 0.6 is 30.4 Å². The van der Waals surface area contributed by atoms with Crippen LogP contribution in [0.4, 0.5) is 0 Å². The molecule has 0 aromatic carbocycles. The molecule has 3 N–H and O–H groups in total. The van der Waals surface area contributed by atoms with Gasteiger partial charge in [0.2, 0.25) is 0 Å². The smallest absolute Gasteiger partial charge is 0.343 e. The largest absolute Gasteiger partial charge is 1.00 e. The van der Waals surface area contributed by atoms with Crippen molar-refractivity contribution in [2.24, 2.45) is 0 Å². The van der Waals surface area contributed by atoms with Gasteiger partial charge in [0.25, 0.3) is 0 Å². The molecule has 4 nitrogen and oxygen atoms in total. The molecule has 0 fully saturated rings. The Morgan fingerprint density at radius 1 is 1.40 bits per heavy atom. The van der Waals surface area contributed by atoms with Crippen molar-refractivity contribution in [3.8, 4) is 0 Å². The van der Waals surface area contributed by atoms with E-state index in [1.807, 2.05) is 0 Å². The van der Waals surface area contributed by atoms with Crippen molar-refractivity contribution in [1.29, 1.82) is 0 Å². The zero-order chi connectivity index (χ0) is 7.91. The Labute approximate surface area is 96.1 Å². The molecule has 0 bridgehead atoms. The fourth-order valence-corrected chi connectivity index (χ4v) is 0. The monoisotopic (exact) mass is 290 g/mol. The second-order valence-electron chi connectivity index (χ2n) is 1.06. The molecule has 0 aliphatic heterocycles. The number of phosphoric acid groups is 1. The molecule has 0 spiro atoms. The van der Waals surface area contributed by atoms with E-state index in [-0.39, 0.29) is 29.6 Å². The third kappa shape index (κ3) is 95.3. The Hall–Kier alpha value is 1.84. The van der Waals surface area contributed by atoms with Gasteiger partial charge in [0, 0.05) is 0 Å². The predicted molar refractivity (Wildman–Crippen MR) is 43.1 cm³/mol. The molecule has 0 saturated carbocycles. The number of hydrogen-bond acceptors (Lipinski definition) is 1. The van der Waals surface area contributed by atoms with Crippen molar-refractivity contribution in [3.05, 3.63) is 6.92 Å². The minimum atomic E-state index is -4.64. The van der Waals surface area contributed by atoms with Crippen molar-refractivity contribution in [2.75, 3.05) is 4.43 Å². The molecule has 0 atom stereocenters. The van der Waals surface area contributed by atoms with Gasteiger partial charge in [-0.05, 0) is 4.43 Å². The van der Waals surface area contributed by atoms with Crippen LogP contribution in [0.2, 0.25) is 0 Å². The molecule has 0 unspecified atom stereocenters. The fourth-order valence-electron chi connectivity index (χ4n) is 0. The van der Waals surface area contributed by atoms with Gasteiger partial charge in [-0.1, -0.05) is 22.6 Å². The van der Waals surface area contributed by atoms with E-state index in [1.54, 1.807) is 0 Å². The van der Waals surface area contributed by atoms with Gasteiger partial charge in [0.05, 0.1) is 0 Å². The van der Waals surface area contributed by atoms with Crippen molar-refractivity contribution < 1.29 is 48.8 Å². The SMILES string of the molecule is O=P(O)(O)O.[CH2-]CCI.[Na+]. The molecule has 0 radical (unpaired) electrons. The zero-order valence-electron chi connectivity index (χ0n) is 5.70. The maximum Gasteiger partial charge on any atom is 1.00 e. The summed E-state index contributed by atoms with van der Waals surface area (Å²) in [7, 11) is -4.64. The first-order valence-electron chi connectivity index (χ1n) is 2.05. The number of rotatable bonds is 1. The van der Waals surface area contributed by atoms with Gasteiger partial charge >= 0.3 is 37.4 Å². The van der Waals surface area contributed by atoms with Crippen molar-refractivity contribution in [2.45, 2.75) is 6.42 Å². The van der Waals surface area contributed by atoms with Gasteiger partial charge in [-0.15, -0.1) is 0 Å². The molecule has 0 saturated heterocycles. The van der Waals surface area contributed by atoms with Gasteiger partial charge in [-0.25, -0.2) is 4.57 Å². The van der Waals surface area contributed by atoms with Crippen LogP contribution in [0, 0.1) is 6.92 Å². The molecule has 0 aliphatic carbocycles. The molecule has 0 aliphatic rings. The van der Waals surface area contributed by atoms with Crippen LogP contribution in [0.1, 0.15) is 6.42 Å². The molecule has 58 valence electrons. The molecular weight excluding hydrogens is 281 g/mol. The van der Waals surface area contributed by atoms with Gasteiger partial charge in [0.1, 0.15) is 0 Å². The minimum Gasteiger partial charge on any atom is -0.343 e. The third-order valence-electron chi connectivity index (χ3n) is 0.134.